The van der Waals surface area contributed by atoms with E-state index in [1.54, 1.807) is 6.33 Å². The number of benzene rings is 1. The van der Waals surface area contributed by atoms with Crippen LogP contribution in [0.25, 0.3) is 10.2 Å². The van der Waals surface area contributed by atoms with Crippen LogP contribution in [0.4, 0.5) is 5.69 Å². The van der Waals surface area contributed by atoms with Crippen molar-refractivity contribution in [1.29, 1.82) is 0 Å². The first-order chi connectivity index (χ1) is 15.9. The summed E-state index contributed by atoms with van der Waals surface area (Å²) in [6.45, 7) is 9.14. The number of rotatable bonds is 3. The Balaban J connectivity index is 1.38. The SMILES string of the molecule is Cc1ccc(C)c(N2CCN(C(=O)c3c(C)sc4c(=O)n(C5CCCCC5)cnc34)CC2)c1. The van der Waals surface area contributed by atoms with Crippen LogP contribution in [0.2, 0.25) is 0 Å². The number of hydrogen-bond acceptors (Lipinski definition) is 5. The van der Waals surface area contributed by atoms with Gasteiger partial charge < -0.3 is 9.80 Å². The molecular weight excluding hydrogens is 432 g/mol. The molecular formula is C26H32N4O2S. The molecule has 1 amide bonds. The zero-order chi connectivity index (χ0) is 23.1. The van der Waals surface area contributed by atoms with Crippen molar-refractivity contribution >= 4 is 33.1 Å². The summed E-state index contributed by atoms with van der Waals surface area (Å²) in [6.07, 6.45) is 7.32. The third-order valence-corrected chi connectivity index (χ3v) is 8.34. The molecule has 2 fully saturated rings. The molecule has 174 valence electrons. The van der Waals surface area contributed by atoms with E-state index >= 15 is 0 Å². The van der Waals surface area contributed by atoms with Gasteiger partial charge in [0.25, 0.3) is 11.5 Å². The van der Waals surface area contributed by atoms with Gasteiger partial charge in [0.05, 0.1) is 11.9 Å². The van der Waals surface area contributed by atoms with E-state index in [-0.39, 0.29) is 17.5 Å². The molecule has 1 aliphatic carbocycles. The lowest BCUT2D eigenvalue weighted by Crippen LogP contribution is -2.49. The second kappa shape index (κ2) is 8.93. The van der Waals surface area contributed by atoms with Crippen LogP contribution in [-0.2, 0) is 0 Å². The van der Waals surface area contributed by atoms with Crippen molar-refractivity contribution in [3.8, 4) is 0 Å². The Morgan fingerprint density at radius 2 is 1.76 bits per heavy atom. The summed E-state index contributed by atoms with van der Waals surface area (Å²) >= 11 is 1.42. The molecule has 1 saturated heterocycles. The standard InChI is InChI=1S/C26H32N4O2S/c1-17-9-10-18(2)21(15-17)28-11-13-29(14-12-28)25(31)22-19(3)33-24-23(22)27-16-30(26(24)32)20-7-5-4-6-8-20/h9-10,15-16,20H,4-8,11-14H2,1-3H3. The molecule has 0 bridgehead atoms. The molecule has 0 radical (unpaired) electrons. The van der Waals surface area contributed by atoms with Crippen molar-refractivity contribution in [2.75, 3.05) is 31.1 Å². The maximum atomic E-state index is 13.5. The van der Waals surface area contributed by atoms with Gasteiger partial charge in [0.1, 0.15) is 10.2 Å². The molecule has 1 aromatic carbocycles. The number of hydrogen-bond donors (Lipinski definition) is 0. The zero-order valence-corrected chi connectivity index (χ0v) is 20.6. The maximum absolute atomic E-state index is 13.5. The summed E-state index contributed by atoms with van der Waals surface area (Å²) < 4.78 is 2.44. The number of aryl methyl sites for hydroxylation is 3. The average Bonchev–Trinajstić information content (AvgIpc) is 3.18. The fourth-order valence-electron chi connectivity index (χ4n) is 5.33. The summed E-state index contributed by atoms with van der Waals surface area (Å²) in [5, 5.41) is 0. The Labute approximate surface area is 198 Å². The van der Waals surface area contributed by atoms with Gasteiger partial charge in [-0.25, -0.2) is 4.98 Å². The fraction of sp³-hybridized carbons (Fsp3) is 0.500. The van der Waals surface area contributed by atoms with E-state index in [1.165, 1.54) is 34.6 Å². The van der Waals surface area contributed by atoms with Gasteiger partial charge in [0, 0.05) is 42.8 Å². The molecule has 33 heavy (non-hydrogen) atoms. The van der Waals surface area contributed by atoms with Gasteiger partial charge >= 0.3 is 0 Å². The van der Waals surface area contributed by atoms with Crippen molar-refractivity contribution in [1.82, 2.24) is 14.5 Å². The Kier molecular flexibility index (Phi) is 5.99. The van der Waals surface area contributed by atoms with Gasteiger partial charge in [-0.1, -0.05) is 31.4 Å². The van der Waals surface area contributed by atoms with E-state index in [0.717, 1.165) is 43.6 Å². The minimum Gasteiger partial charge on any atom is -0.368 e. The van der Waals surface area contributed by atoms with E-state index in [4.69, 9.17) is 0 Å². The van der Waals surface area contributed by atoms with Crippen LogP contribution in [0, 0.1) is 20.8 Å². The van der Waals surface area contributed by atoms with E-state index in [2.05, 4.69) is 41.9 Å². The second-order valence-electron chi connectivity index (χ2n) is 9.53. The Hall–Kier alpha value is -2.67. The molecule has 3 heterocycles. The first-order valence-electron chi connectivity index (χ1n) is 12.1. The van der Waals surface area contributed by atoms with Crippen LogP contribution in [0.15, 0.2) is 29.3 Å². The van der Waals surface area contributed by atoms with Crippen LogP contribution in [0.3, 0.4) is 0 Å². The normalized spacial score (nSPS) is 17.7. The van der Waals surface area contributed by atoms with Crippen molar-refractivity contribution in [3.63, 3.8) is 0 Å². The van der Waals surface area contributed by atoms with Crippen LogP contribution in [0.1, 0.15) is 64.5 Å². The Morgan fingerprint density at radius 3 is 2.48 bits per heavy atom. The molecule has 1 aliphatic heterocycles. The number of carbonyl (C=O) groups is 1. The summed E-state index contributed by atoms with van der Waals surface area (Å²) in [5.74, 6) is 0.00156. The highest BCUT2D eigenvalue weighted by Gasteiger charge is 2.28. The van der Waals surface area contributed by atoms with Crippen LogP contribution in [-0.4, -0.2) is 46.5 Å². The smallest absolute Gasteiger partial charge is 0.271 e. The molecule has 0 unspecified atom stereocenters. The first kappa shape index (κ1) is 22.1. The zero-order valence-electron chi connectivity index (χ0n) is 19.8. The number of thiophene rings is 1. The van der Waals surface area contributed by atoms with Crippen molar-refractivity contribution in [2.45, 2.75) is 58.9 Å². The molecule has 5 rings (SSSR count). The van der Waals surface area contributed by atoms with E-state index in [0.29, 0.717) is 28.9 Å². The molecule has 2 aliphatic rings. The van der Waals surface area contributed by atoms with Gasteiger partial charge in [0.2, 0.25) is 0 Å². The summed E-state index contributed by atoms with van der Waals surface area (Å²) in [7, 11) is 0. The van der Waals surface area contributed by atoms with E-state index in [1.807, 2.05) is 16.4 Å². The quantitative estimate of drug-likeness (QED) is 0.556. The molecule has 0 atom stereocenters. The number of nitrogens with zero attached hydrogens (tertiary/aromatic N) is 4. The number of fused-ring (bicyclic) bond motifs is 1. The molecule has 3 aromatic rings. The average molecular weight is 465 g/mol. The number of aromatic nitrogens is 2. The van der Waals surface area contributed by atoms with Crippen LogP contribution < -0.4 is 10.5 Å². The first-order valence-corrected chi connectivity index (χ1v) is 12.9. The summed E-state index contributed by atoms with van der Waals surface area (Å²) in [5.41, 5.74) is 4.97. The molecule has 2 aromatic heterocycles. The summed E-state index contributed by atoms with van der Waals surface area (Å²) in [6, 6.07) is 6.76. The highest BCUT2D eigenvalue weighted by Crippen LogP contribution is 2.31. The highest BCUT2D eigenvalue weighted by molar-refractivity contribution is 7.19. The number of carbonyl (C=O) groups excluding carboxylic acids is 1. The molecule has 7 heteroatoms. The van der Waals surface area contributed by atoms with Crippen molar-refractivity contribution in [3.05, 3.63) is 56.4 Å². The van der Waals surface area contributed by atoms with Crippen molar-refractivity contribution in [2.24, 2.45) is 0 Å². The fourth-order valence-corrected chi connectivity index (χ4v) is 6.37. The largest absolute Gasteiger partial charge is 0.368 e. The van der Waals surface area contributed by atoms with Gasteiger partial charge in [-0.15, -0.1) is 11.3 Å². The van der Waals surface area contributed by atoms with Crippen LogP contribution >= 0.6 is 11.3 Å². The number of amides is 1. The van der Waals surface area contributed by atoms with Crippen LogP contribution in [0.5, 0.6) is 0 Å². The lowest BCUT2D eigenvalue weighted by molar-refractivity contribution is 0.0748. The number of anilines is 1. The number of piperazine rings is 1. The van der Waals surface area contributed by atoms with Gasteiger partial charge in [-0.2, -0.15) is 0 Å². The van der Waals surface area contributed by atoms with E-state index < -0.39 is 0 Å². The topological polar surface area (TPSA) is 58.4 Å². The maximum Gasteiger partial charge on any atom is 0.271 e. The highest BCUT2D eigenvalue weighted by atomic mass is 32.1. The predicted octanol–water partition coefficient (Wildman–Crippen LogP) is 4.85. The minimum absolute atomic E-state index is 0.00156. The third kappa shape index (κ3) is 4.07. The molecule has 6 nitrogen and oxygen atoms in total. The Bertz CT molecular complexity index is 1250. The van der Waals surface area contributed by atoms with Gasteiger partial charge in [-0.3, -0.25) is 14.2 Å². The second-order valence-corrected chi connectivity index (χ2v) is 10.8. The monoisotopic (exact) mass is 464 g/mol. The molecule has 0 N–H and O–H groups in total. The predicted molar refractivity (Wildman–Crippen MR) is 135 cm³/mol. The Morgan fingerprint density at radius 1 is 1.03 bits per heavy atom. The van der Waals surface area contributed by atoms with Gasteiger partial charge in [0.15, 0.2) is 0 Å². The third-order valence-electron chi connectivity index (χ3n) is 7.25. The lowest BCUT2D eigenvalue weighted by Gasteiger charge is -2.37. The lowest BCUT2D eigenvalue weighted by atomic mass is 9.95. The summed E-state index contributed by atoms with van der Waals surface area (Å²) in [4.78, 5) is 36.6. The van der Waals surface area contributed by atoms with E-state index in [9.17, 15) is 9.59 Å². The van der Waals surface area contributed by atoms with Crippen molar-refractivity contribution < 1.29 is 4.79 Å². The van der Waals surface area contributed by atoms with Gasteiger partial charge in [-0.05, 0) is 50.8 Å². The minimum atomic E-state index is 0.00156. The molecule has 1 saturated carbocycles. The molecule has 0 spiro atoms.